The fourth-order valence-electron chi connectivity index (χ4n) is 6.97. The summed E-state index contributed by atoms with van der Waals surface area (Å²) < 4.78 is 0. The van der Waals surface area contributed by atoms with Crippen LogP contribution in [0.4, 0.5) is 0 Å². The lowest BCUT2D eigenvalue weighted by Gasteiger charge is -2.37. The van der Waals surface area contributed by atoms with E-state index in [1.807, 2.05) is 41.5 Å². The van der Waals surface area contributed by atoms with Crippen LogP contribution < -0.4 is 16.0 Å². The number of carbonyl (C=O) groups is 6. The van der Waals surface area contributed by atoms with Gasteiger partial charge in [-0.05, 0) is 55.3 Å². The lowest BCUT2D eigenvalue weighted by molar-refractivity contribution is -0.146. The van der Waals surface area contributed by atoms with E-state index in [0.717, 1.165) is 32.1 Å². The number of Topliss-reactive ketones (excluding diaryl/α,β-unsaturated/α-hetero) is 2. The Bertz CT molecular complexity index is 1330. The molecule has 1 aromatic heterocycles. The molecule has 0 bridgehead atoms. The SMILES string of the molecule is CCC[C@H](NC(=O)[C@@H]1[C@H]2CCC[C@H]2CN1C(=O)[C@@H](NC(=O)[C@@H](CC(=O)c1cnccn1)C(C)CC)C(C)(C)C)C(=O)C(=O)NC1CC1. The van der Waals surface area contributed by atoms with Gasteiger partial charge in [-0.15, -0.1) is 0 Å². The molecule has 7 atom stereocenters. The molecule has 3 fully saturated rings. The van der Waals surface area contributed by atoms with Crippen LogP contribution in [0.1, 0.15) is 110 Å². The van der Waals surface area contributed by atoms with E-state index in [2.05, 4.69) is 25.9 Å². The first kappa shape index (κ1) is 36.1. The Morgan fingerprint density at radius 3 is 2.32 bits per heavy atom. The van der Waals surface area contributed by atoms with E-state index in [1.54, 1.807) is 4.90 Å². The minimum Gasteiger partial charge on any atom is -0.347 e. The second kappa shape index (κ2) is 15.5. The smallest absolute Gasteiger partial charge is 0.289 e. The van der Waals surface area contributed by atoms with Crippen molar-refractivity contribution in [3.63, 3.8) is 0 Å². The van der Waals surface area contributed by atoms with Crippen molar-refractivity contribution in [2.75, 3.05) is 6.54 Å². The zero-order valence-electron chi connectivity index (χ0n) is 28.7. The van der Waals surface area contributed by atoms with Crippen molar-refractivity contribution in [3.05, 3.63) is 24.3 Å². The van der Waals surface area contributed by atoms with Gasteiger partial charge in [0.1, 0.15) is 17.8 Å². The van der Waals surface area contributed by atoms with E-state index in [1.165, 1.54) is 18.6 Å². The topological polar surface area (TPSA) is 168 Å². The third-order valence-corrected chi connectivity index (χ3v) is 10.1. The fourth-order valence-corrected chi connectivity index (χ4v) is 6.97. The molecule has 2 saturated carbocycles. The van der Waals surface area contributed by atoms with Crippen molar-refractivity contribution in [3.8, 4) is 0 Å². The lowest BCUT2D eigenvalue weighted by Crippen LogP contribution is -2.60. The van der Waals surface area contributed by atoms with E-state index in [0.29, 0.717) is 25.8 Å². The number of fused-ring (bicyclic) bond motifs is 1. The number of rotatable bonds is 15. The fraction of sp³-hybridized carbons (Fsp3) is 0.714. The second-order valence-electron chi connectivity index (χ2n) is 14.8. The summed E-state index contributed by atoms with van der Waals surface area (Å²) in [6.45, 7) is 11.7. The van der Waals surface area contributed by atoms with Gasteiger partial charge in [0, 0.05) is 37.3 Å². The molecule has 2 heterocycles. The van der Waals surface area contributed by atoms with Gasteiger partial charge in [0.25, 0.3) is 5.91 Å². The van der Waals surface area contributed by atoms with Crippen LogP contribution in [0.5, 0.6) is 0 Å². The van der Waals surface area contributed by atoms with Crippen LogP contribution in [-0.4, -0.2) is 80.8 Å². The van der Waals surface area contributed by atoms with Crippen LogP contribution in [0.25, 0.3) is 0 Å². The third-order valence-electron chi connectivity index (χ3n) is 10.1. The zero-order chi connectivity index (χ0) is 34.5. The highest BCUT2D eigenvalue weighted by Crippen LogP contribution is 2.43. The maximum Gasteiger partial charge on any atom is 0.289 e. The number of ketones is 2. The summed E-state index contributed by atoms with van der Waals surface area (Å²) in [6, 6.07) is -2.76. The molecule has 1 aromatic rings. The van der Waals surface area contributed by atoms with Gasteiger partial charge in [0.15, 0.2) is 5.78 Å². The number of aromatic nitrogens is 2. The summed E-state index contributed by atoms with van der Waals surface area (Å²) in [5.41, 5.74) is -0.540. The maximum absolute atomic E-state index is 14.5. The average molecular weight is 653 g/mol. The maximum atomic E-state index is 14.5. The van der Waals surface area contributed by atoms with E-state index < -0.39 is 53.0 Å². The Morgan fingerprint density at radius 1 is 1.00 bits per heavy atom. The number of amides is 4. The van der Waals surface area contributed by atoms with Gasteiger partial charge in [0.05, 0.1) is 12.2 Å². The molecule has 0 spiro atoms. The van der Waals surface area contributed by atoms with Crippen molar-refractivity contribution < 1.29 is 28.8 Å². The quantitative estimate of drug-likeness (QED) is 0.192. The Labute approximate surface area is 278 Å². The molecule has 3 aliphatic rings. The minimum atomic E-state index is -0.982. The van der Waals surface area contributed by atoms with E-state index in [4.69, 9.17) is 0 Å². The Kier molecular flexibility index (Phi) is 11.9. The summed E-state index contributed by atoms with van der Waals surface area (Å²) in [6.07, 6.45) is 10.0. The number of hydrogen-bond donors (Lipinski definition) is 3. The number of nitrogens with zero attached hydrogens (tertiary/aromatic N) is 3. The van der Waals surface area contributed by atoms with Crippen molar-refractivity contribution in [1.82, 2.24) is 30.8 Å². The highest BCUT2D eigenvalue weighted by molar-refractivity contribution is 6.38. The van der Waals surface area contributed by atoms with Gasteiger partial charge in [-0.3, -0.25) is 33.8 Å². The van der Waals surface area contributed by atoms with E-state index >= 15 is 0 Å². The highest BCUT2D eigenvalue weighted by atomic mass is 16.2. The second-order valence-corrected chi connectivity index (χ2v) is 14.8. The first-order valence-electron chi connectivity index (χ1n) is 17.3. The van der Waals surface area contributed by atoms with Gasteiger partial charge in [0.2, 0.25) is 23.5 Å². The van der Waals surface area contributed by atoms with Gasteiger partial charge < -0.3 is 20.9 Å². The largest absolute Gasteiger partial charge is 0.347 e. The van der Waals surface area contributed by atoms with Crippen LogP contribution in [-0.2, 0) is 24.0 Å². The molecule has 0 aromatic carbocycles. The molecule has 0 radical (unpaired) electrons. The predicted octanol–water partition coefficient (Wildman–Crippen LogP) is 3.00. The normalized spacial score (nSPS) is 23.2. The van der Waals surface area contributed by atoms with Crippen LogP contribution in [0, 0.1) is 29.1 Å². The minimum absolute atomic E-state index is 0.0150. The van der Waals surface area contributed by atoms with Crippen molar-refractivity contribution in [1.29, 1.82) is 0 Å². The first-order valence-corrected chi connectivity index (χ1v) is 17.3. The summed E-state index contributed by atoms with van der Waals surface area (Å²) in [5.74, 6) is -3.67. The molecule has 47 heavy (non-hydrogen) atoms. The molecule has 1 unspecified atom stereocenters. The molecular formula is C35H52N6O6. The number of hydrogen-bond acceptors (Lipinski definition) is 8. The Balaban J connectivity index is 1.55. The summed E-state index contributed by atoms with van der Waals surface area (Å²) in [4.78, 5) is 90.8. The van der Waals surface area contributed by atoms with Crippen molar-refractivity contribution in [2.24, 2.45) is 29.1 Å². The van der Waals surface area contributed by atoms with Crippen molar-refractivity contribution in [2.45, 2.75) is 123 Å². The first-order chi connectivity index (χ1) is 22.3. The summed E-state index contributed by atoms with van der Waals surface area (Å²) in [7, 11) is 0. The zero-order valence-corrected chi connectivity index (χ0v) is 28.7. The van der Waals surface area contributed by atoms with Crippen LogP contribution in [0.2, 0.25) is 0 Å². The average Bonchev–Trinajstić information content (AvgIpc) is 3.61. The molecule has 12 nitrogen and oxygen atoms in total. The molecule has 1 aliphatic heterocycles. The van der Waals surface area contributed by atoms with E-state index in [9.17, 15) is 28.8 Å². The predicted molar refractivity (Wildman–Crippen MR) is 175 cm³/mol. The van der Waals surface area contributed by atoms with Crippen LogP contribution in [0.15, 0.2) is 18.6 Å². The molecule has 4 amide bonds. The Morgan fingerprint density at radius 2 is 1.72 bits per heavy atom. The van der Waals surface area contributed by atoms with E-state index in [-0.39, 0.29) is 47.6 Å². The molecule has 258 valence electrons. The molecular weight excluding hydrogens is 600 g/mol. The molecule has 2 aliphatic carbocycles. The summed E-state index contributed by atoms with van der Waals surface area (Å²) in [5, 5.41) is 8.56. The van der Waals surface area contributed by atoms with Gasteiger partial charge in [-0.1, -0.05) is 60.8 Å². The summed E-state index contributed by atoms with van der Waals surface area (Å²) >= 11 is 0. The van der Waals surface area contributed by atoms with Crippen molar-refractivity contribution >= 4 is 35.2 Å². The molecule has 12 heteroatoms. The van der Waals surface area contributed by atoms with Crippen LogP contribution >= 0.6 is 0 Å². The van der Waals surface area contributed by atoms with Gasteiger partial charge in [-0.2, -0.15) is 0 Å². The monoisotopic (exact) mass is 652 g/mol. The Hall–Kier alpha value is -3.70. The molecule has 3 N–H and O–H groups in total. The lowest BCUT2D eigenvalue weighted by atomic mass is 9.82. The van der Waals surface area contributed by atoms with Gasteiger partial charge >= 0.3 is 0 Å². The molecule has 4 rings (SSSR count). The third kappa shape index (κ3) is 8.81. The van der Waals surface area contributed by atoms with Gasteiger partial charge in [-0.25, -0.2) is 4.98 Å². The number of nitrogens with one attached hydrogen (secondary N) is 3. The highest BCUT2D eigenvalue weighted by Gasteiger charge is 2.52. The number of likely N-dealkylation sites (tertiary alicyclic amines) is 1. The number of carbonyl (C=O) groups excluding carboxylic acids is 6. The van der Waals surface area contributed by atoms with Crippen LogP contribution in [0.3, 0.4) is 0 Å². The molecule has 1 saturated heterocycles. The standard InChI is InChI=1S/C35H52N6O6/c1-7-10-25(29(43)33(46)38-22-13-14-22)39-32(45)28-23-12-9-11-21(23)19-41(28)34(47)30(35(4,5)6)40-31(44)24(20(3)8-2)17-27(42)26-18-36-15-16-37-26/h15-16,18,20-25,28,30H,7-14,17,19H2,1-6H3,(H,38,46)(H,39,45)(H,40,44)/t20?,21-,23-,24-,25-,28-,30+/m0/s1.